The normalized spacial score (nSPS) is 10.5. The zero-order chi connectivity index (χ0) is 18.9. The SMILES string of the molecule is COc1cc(Br)ccc1/C=N/NC(=N)N/N=C/c1ccc(Br)cc1OC.Cl. The van der Waals surface area contributed by atoms with E-state index in [2.05, 4.69) is 52.9 Å². The molecule has 144 valence electrons. The molecule has 0 bridgehead atoms. The van der Waals surface area contributed by atoms with E-state index in [4.69, 9.17) is 14.9 Å². The molecule has 0 aliphatic rings. The van der Waals surface area contributed by atoms with Crippen LogP contribution in [-0.4, -0.2) is 32.6 Å². The summed E-state index contributed by atoms with van der Waals surface area (Å²) in [4.78, 5) is 0. The molecule has 0 aromatic heterocycles. The average molecular weight is 520 g/mol. The summed E-state index contributed by atoms with van der Waals surface area (Å²) in [5, 5.41) is 15.7. The van der Waals surface area contributed by atoms with Crippen molar-refractivity contribution in [2.45, 2.75) is 0 Å². The molecule has 0 atom stereocenters. The van der Waals surface area contributed by atoms with Gasteiger partial charge in [0.25, 0.3) is 0 Å². The second-order valence-corrected chi connectivity index (χ2v) is 6.72. The first-order valence-electron chi connectivity index (χ1n) is 7.37. The molecule has 7 nitrogen and oxygen atoms in total. The number of methoxy groups -OCH3 is 2. The first kappa shape index (κ1) is 22.9. The summed E-state index contributed by atoms with van der Waals surface area (Å²) in [6.45, 7) is 0. The van der Waals surface area contributed by atoms with Gasteiger partial charge in [0.2, 0.25) is 5.96 Å². The fourth-order valence-corrected chi connectivity index (χ4v) is 2.62. The highest BCUT2D eigenvalue weighted by atomic mass is 79.9. The number of guanidine groups is 1. The Hall–Kier alpha value is -2.10. The number of rotatable bonds is 6. The summed E-state index contributed by atoms with van der Waals surface area (Å²) in [6, 6.07) is 11.1. The van der Waals surface area contributed by atoms with Crippen molar-refractivity contribution in [2.75, 3.05) is 14.2 Å². The third-order valence-corrected chi connectivity index (χ3v) is 4.14. The molecule has 0 spiro atoms. The van der Waals surface area contributed by atoms with Crippen LogP contribution < -0.4 is 20.3 Å². The van der Waals surface area contributed by atoms with E-state index in [0.717, 1.165) is 20.1 Å². The summed E-state index contributed by atoms with van der Waals surface area (Å²) in [5.74, 6) is 1.26. The lowest BCUT2D eigenvalue weighted by Crippen LogP contribution is -2.29. The minimum atomic E-state index is -0.0790. The Morgan fingerprint density at radius 3 is 1.67 bits per heavy atom. The van der Waals surface area contributed by atoms with E-state index in [1.807, 2.05) is 36.4 Å². The standard InChI is InChI=1S/C17H17Br2N5O2.ClH/c1-25-15-7-13(18)5-3-11(15)9-21-23-17(20)24-22-10-12-4-6-14(19)8-16(12)26-2;/h3-10H,1-2H3,(H3,20,23,24);1H/b21-9+,22-10+;. The topological polar surface area (TPSA) is 91.1 Å². The Morgan fingerprint density at radius 1 is 0.889 bits per heavy atom. The van der Waals surface area contributed by atoms with Gasteiger partial charge in [-0.05, 0) is 36.4 Å². The summed E-state index contributed by atoms with van der Waals surface area (Å²) in [5.41, 5.74) is 6.64. The average Bonchev–Trinajstić information content (AvgIpc) is 2.63. The number of nitrogens with one attached hydrogen (secondary N) is 3. The van der Waals surface area contributed by atoms with E-state index in [9.17, 15) is 0 Å². The van der Waals surface area contributed by atoms with E-state index >= 15 is 0 Å². The lowest BCUT2D eigenvalue weighted by Gasteiger charge is -2.06. The van der Waals surface area contributed by atoms with Gasteiger partial charge in [-0.2, -0.15) is 10.2 Å². The summed E-state index contributed by atoms with van der Waals surface area (Å²) in [6.07, 6.45) is 3.12. The largest absolute Gasteiger partial charge is 0.496 e. The summed E-state index contributed by atoms with van der Waals surface area (Å²) < 4.78 is 12.4. The number of halogens is 3. The maximum Gasteiger partial charge on any atom is 0.230 e. The Morgan fingerprint density at radius 2 is 1.30 bits per heavy atom. The van der Waals surface area contributed by atoms with Gasteiger partial charge in [0, 0.05) is 20.1 Å². The maximum atomic E-state index is 7.76. The molecule has 2 aromatic carbocycles. The number of nitrogens with zero attached hydrogens (tertiary/aromatic N) is 2. The van der Waals surface area contributed by atoms with Crippen LogP contribution >= 0.6 is 44.3 Å². The molecule has 10 heteroatoms. The van der Waals surface area contributed by atoms with E-state index in [0.29, 0.717) is 11.5 Å². The molecular weight excluding hydrogens is 501 g/mol. The van der Waals surface area contributed by atoms with Gasteiger partial charge in [-0.3, -0.25) is 5.41 Å². The third kappa shape index (κ3) is 7.20. The fourth-order valence-electron chi connectivity index (χ4n) is 1.94. The predicted octanol–water partition coefficient (Wildman–Crippen LogP) is 4.13. The zero-order valence-corrected chi connectivity index (χ0v) is 18.5. The van der Waals surface area contributed by atoms with Crippen molar-refractivity contribution in [2.24, 2.45) is 10.2 Å². The molecule has 0 saturated heterocycles. The maximum absolute atomic E-state index is 7.76. The van der Waals surface area contributed by atoms with Crippen molar-refractivity contribution < 1.29 is 9.47 Å². The van der Waals surface area contributed by atoms with E-state index in [1.165, 1.54) is 0 Å². The molecule has 0 amide bonds. The van der Waals surface area contributed by atoms with Crippen LogP contribution in [-0.2, 0) is 0 Å². The van der Waals surface area contributed by atoms with Gasteiger partial charge >= 0.3 is 0 Å². The lowest BCUT2D eigenvalue weighted by molar-refractivity contribution is 0.414. The number of hydrazone groups is 2. The second kappa shape index (κ2) is 11.6. The molecule has 0 unspecified atom stereocenters. The highest BCUT2D eigenvalue weighted by molar-refractivity contribution is 9.10. The first-order valence-corrected chi connectivity index (χ1v) is 8.96. The summed E-state index contributed by atoms with van der Waals surface area (Å²) in [7, 11) is 3.17. The van der Waals surface area contributed by atoms with Crippen LogP contribution in [0.3, 0.4) is 0 Å². The van der Waals surface area contributed by atoms with Crippen LogP contribution in [0.5, 0.6) is 11.5 Å². The Bertz CT molecular complexity index is 779. The van der Waals surface area contributed by atoms with Gasteiger partial charge in [0.05, 0.1) is 26.6 Å². The van der Waals surface area contributed by atoms with Crippen molar-refractivity contribution in [3.63, 3.8) is 0 Å². The Balaban J connectivity index is 0.00000364. The molecule has 27 heavy (non-hydrogen) atoms. The predicted molar refractivity (Wildman–Crippen MR) is 118 cm³/mol. The lowest BCUT2D eigenvalue weighted by atomic mass is 10.2. The number of hydrogen-bond acceptors (Lipinski definition) is 5. The van der Waals surface area contributed by atoms with Gasteiger partial charge in [-0.1, -0.05) is 31.9 Å². The van der Waals surface area contributed by atoms with Gasteiger partial charge in [0.15, 0.2) is 0 Å². The number of ether oxygens (including phenoxy) is 2. The molecule has 0 fully saturated rings. The van der Waals surface area contributed by atoms with E-state index in [-0.39, 0.29) is 18.4 Å². The molecular formula is C17H18Br2ClN5O2. The Kier molecular flexibility index (Phi) is 9.84. The first-order chi connectivity index (χ1) is 12.5. The van der Waals surface area contributed by atoms with Gasteiger partial charge in [-0.25, -0.2) is 10.9 Å². The molecule has 0 aliphatic heterocycles. The smallest absolute Gasteiger partial charge is 0.230 e. The van der Waals surface area contributed by atoms with Crippen molar-refractivity contribution in [3.8, 4) is 11.5 Å². The molecule has 0 heterocycles. The van der Waals surface area contributed by atoms with Crippen LogP contribution in [0.25, 0.3) is 0 Å². The van der Waals surface area contributed by atoms with Crippen LogP contribution in [0, 0.1) is 5.41 Å². The van der Waals surface area contributed by atoms with Crippen molar-refractivity contribution in [3.05, 3.63) is 56.5 Å². The van der Waals surface area contributed by atoms with Crippen LogP contribution in [0.15, 0.2) is 55.5 Å². The molecule has 2 aromatic rings. The monoisotopic (exact) mass is 517 g/mol. The van der Waals surface area contributed by atoms with Gasteiger partial charge in [-0.15, -0.1) is 12.4 Å². The highest BCUT2D eigenvalue weighted by Gasteiger charge is 2.02. The molecule has 0 aliphatic carbocycles. The quantitative estimate of drug-likeness (QED) is 0.304. The number of benzene rings is 2. The zero-order valence-electron chi connectivity index (χ0n) is 14.5. The van der Waals surface area contributed by atoms with Crippen molar-refractivity contribution in [1.82, 2.24) is 10.9 Å². The van der Waals surface area contributed by atoms with Crippen molar-refractivity contribution >= 4 is 62.7 Å². The summed E-state index contributed by atoms with van der Waals surface area (Å²) >= 11 is 6.76. The van der Waals surface area contributed by atoms with E-state index < -0.39 is 0 Å². The third-order valence-electron chi connectivity index (χ3n) is 3.15. The van der Waals surface area contributed by atoms with Crippen LogP contribution in [0.4, 0.5) is 0 Å². The fraction of sp³-hybridized carbons (Fsp3) is 0.118. The minimum absolute atomic E-state index is 0. The Labute approximate surface area is 180 Å². The minimum Gasteiger partial charge on any atom is -0.496 e. The van der Waals surface area contributed by atoms with Crippen molar-refractivity contribution in [1.29, 1.82) is 5.41 Å². The van der Waals surface area contributed by atoms with Gasteiger partial charge < -0.3 is 9.47 Å². The molecule has 0 radical (unpaired) electrons. The molecule has 2 rings (SSSR count). The number of hydrogen-bond donors (Lipinski definition) is 3. The van der Waals surface area contributed by atoms with Gasteiger partial charge in [0.1, 0.15) is 11.5 Å². The van der Waals surface area contributed by atoms with Crippen LogP contribution in [0.1, 0.15) is 11.1 Å². The van der Waals surface area contributed by atoms with E-state index in [1.54, 1.807) is 26.6 Å². The molecule has 3 N–H and O–H groups in total. The second-order valence-electron chi connectivity index (χ2n) is 4.89. The highest BCUT2D eigenvalue weighted by Crippen LogP contribution is 2.22. The molecule has 0 saturated carbocycles. The van der Waals surface area contributed by atoms with Crippen LogP contribution in [0.2, 0.25) is 0 Å².